The molecule has 3 heteroatoms. The number of hydrogen-bond donors (Lipinski definition) is 1. The van der Waals surface area contributed by atoms with Crippen LogP contribution in [0.25, 0.3) is 11.0 Å². The maximum Gasteiger partial charge on any atom is 0.104 e. The average molecular weight is 164 g/mol. The summed E-state index contributed by atoms with van der Waals surface area (Å²) >= 11 is 0. The molecule has 0 amide bonds. The Balaban J connectivity index is 2.82. The van der Waals surface area contributed by atoms with Gasteiger partial charge in [-0.1, -0.05) is 6.07 Å². The second-order valence-electron chi connectivity index (χ2n) is 2.60. The average Bonchev–Trinajstić information content (AvgIpc) is 2.27. The number of H-pyrrole nitrogens is 1. The van der Waals surface area contributed by atoms with Crippen molar-refractivity contribution in [3.63, 3.8) is 0 Å². The number of aromatic amines is 1. The van der Waals surface area contributed by atoms with Gasteiger partial charge < -0.3 is 4.98 Å². The third kappa shape index (κ3) is 1.14. The van der Waals surface area contributed by atoms with Crippen LogP contribution in [0, 0.1) is 6.92 Å². The van der Waals surface area contributed by atoms with Gasteiger partial charge in [0.1, 0.15) is 5.82 Å². The first-order valence-corrected chi connectivity index (χ1v) is 4.05. The number of hydrogen-bond acceptors (Lipinski definition) is 1. The minimum atomic E-state index is 0.968. The van der Waals surface area contributed by atoms with E-state index < -0.39 is 0 Å². The molecule has 1 aromatic heterocycles. The summed E-state index contributed by atoms with van der Waals surface area (Å²) in [6.07, 6.45) is 0. The van der Waals surface area contributed by atoms with E-state index in [1.807, 2.05) is 19.1 Å². The normalized spacial score (nSPS) is 10.7. The molecule has 1 atom stereocenters. The Hall–Kier alpha value is -0.880. The van der Waals surface area contributed by atoms with Crippen molar-refractivity contribution >= 4 is 25.6 Å². The first-order valence-electron chi connectivity index (χ1n) is 3.47. The molecule has 2 aromatic rings. The summed E-state index contributed by atoms with van der Waals surface area (Å²) in [5.41, 5.74) is 2.14. The van der Waals surface area contributed by atoms with Crippen LogP contribution in [-0.4, -0.2) is 9.97 Å². The number of benzene rings is 1. The number of imidazole rings is 1. The fraction of sp³-hybridized carbons (Fsp3) is 0.125. The van der Waals surface area contributed by atoms with Crippen LogP contribution in [0.2, 0.25) is 0 Å². The summed E-state index contributed by atoms with van der Waals surface area (Å²) in [5.74, 6) is 0.968. The third-order valence-corrected chi connectivity index (χ3v) is 1.98. The lowest BCUT2D eigenvalue weighted by molar-refractivity contribution is 1.17. The summed E-state index contributed by atoms with van der Waals surface area (Å²) in [6, 6.07) is 6.12. The number of rotatable bonds is 0. The molecule has 0 aliphatic carbocycles. The van der Waals surface area contributed by atoms with Crippen LogP contribution >= 0.6 is 9.24 Å². The Morgan fingerprint density at radius 1 is 1.45 bits per heavy atom. The lowest BCUT2D eigenvalue weighted by atomic mass is 10.3. The molecule has 2 rings (SSSR count). The summed E-state index contributed by atoms with van der Waals surface area (Å²) in [7, 11) is 2.66. The zero-order valence-electron chi connectivity index (χ0n) is 6.26. The summed E-state index contributed by atoms with van der Waals surface area (Å²) < 4.78 is 0. The third-order valence-electron chi connectivity index (χ3n) is 1.62. The summed E-state index contributed by atoms with van der Waals surface area (Å²) in [4.78, 5) is 7.46. The van der Waals surface area contributed by atoms with Gasteiger partial charge in [0.05, 0.1) is 11.0 Å². The van der Waals surface area contributed by atoms with E-state index in [0.717, 1.165) is 16.9 Å². The fourth-order valence-electron chi connectivity index (χ4n) is 1.15. The predicted octanol–water partition coefficient (Wildman–Crippen LogP) is 1.37. The minimum absolute atomic E-state index is 0.968. The van der Waals surface area contributed by atoms with Crippen molar-refractivity contribution in [1.82, 2.24) is 9.97 Å². The largest absolute Gasteiger partial charge is 0.342 e. The van der Waals surface area contributed by atoms with Gasteiger partial charge in [-0.05, 0) is 24.4 Å². The molecular formula is C8H9N2P. The van der Waals surface area contributed by atoms with Crippen molar-refractivity contribution in [3.8, 4) is 0 Å². The van der Waals surface area contributed by atoms with Crippen molar-refractivity contribution in [2.24, 2.45) is 0 Å². The van der Waals surface area contributed by atoms with E-state index in [-0.39, 0.29) is 0 Å². The van der Waals surface area contributed by atoms with Crippen LogP contribution in [0.4, 0.5) is 0 Å². The molecule has 0 aliphatic rings. The molecule has 0 aliphatic heterocycles. The van der Waals surface area contributed by atoms with E-state index >= 15 is 0 Å². The standard InChI is InChI=1S/C8H9N2P/c1-5-9-7-3-2-6(11)4-8(7)10-5/h2-4H,11H2,1H3,(H,9,10). The smallest absolute Gasteiger partial charge is 0.104 e. The van der Waals surface area contributed by atoms with Gasteiger partial charge in [0.25, 0.3) is 0 Å². The molecule has 56 valence electrons. The monoisotopic (exact) mass is 164 g/mol. The Labute approximate surface area is 67.2 Å². The molecule has 0 saturated heterocycles. The van der Waals surface area contributed by atoms with Crippen molar-refractivity contribution < 1.29 is 0 Å². The molecule has 0 bridgehead atoms. The van der Waals surface area contributed by atoms with Crippen molar-refractivity contribution in [3.05, 3.63) is 24.0 Å². The highest BCUT2D eigenvalue weighted by molar-refractivity contribution is 7.27. The highest BCUT2D eigenvalue weighted by Crippen LogP contribution is 2.09. The predicted molar refractivity (Wildman–Crippen MR) is 50.2 cm³/mol. The zero-order valence-corrected chi connectivity index (χ0v) is 7.41. The maximum absolute atomic E-state index is 4.29. The van der Waals surface area contributed by atoms with E-state index in [2.05, 4.69) is 25.3 Å². The Bertz CT molecular complexity index is 392. The van der Waals surface area contributed by atoms with Gasteiger partial charge >= 0.3 is 0 Å². The van der Waals surface area contributed by atoms with E-state index in [1.165, 1.54) is 5.30 Å². The molecule has 2 nitrogen and oxygen atoms in total. The van der Waals surface area contributed by atoms with Gasteiger partial charge in [0, 0.05) is 0 Å². The molecular weight excluding hydrogens is 155 g/mol. The number of aryl methyl sites for hydroxylation is 1. The first kappa shape index (κ1) is 6.81. The molecule has 1 unspecified atom stereocenters. The van der Waals surface area contributed by atoms with Crippen molar-refractivity contribution in [1.29, 1.82) is 0 Å². The number of fused-ring (bicyclic) bond motifs is 1. The van der Waals surface area contributed by atoms with Crippen LogP contribution < -0.4 is 5.30 Å². The molecule has 1 aromatic carbocycles. The van der Waals surface area contributed by atoms with Crippen LogP contribution in [0.15, 0.2) is 18.2 Å². The van der Waals surface area contributed by atoms with Gasteiger partial charge in [-0.2, -0.15) is 0 Å². The van der Waals surface area contributed by atoms with Crippen LogP contribution in [0.5, 0.6) is 0 Å². The highest BCUT2D eigenvalue weighted by atomic mass is 31.0. The molecule has 0 fully saturated rings. The Kier molecular flexibility index (Phi) is 1.43. The van der Waals surface area contributed by atoms with Crippen LogP contribution in [0.1, 0.15) is 5.82 Å². The number of nitrogens with one attached hydrogen (secondary N) is 1. The van der Waals surface area contributed by atoms with E-state index in [4.69, 9.17) is 0 Å². The molecule has 1 N–H and O–H groups in total. The van der Waals surface area contributed by atoms with Crippen molar-refractivity contribution in [2.75, 3.05) is 0 Å². The quantitative estimate of drug-likeness (QED) is 0.585. The zero-order chi connectivity index (χ0) is 7.84. The van der Waals surface area contributed by atoms with E-state index in [0.29, 0.717) is 0 Å². The number of nitrogens with zero attached hydrogens (tertiary/aromatic N) is 1. The number of aromatic nitrogens is 2. The molecule has 0 spiro atoms. The summed E-state index contributed by atoms with van der Waals surface area (Å²) in [5, 5.41) is 1.18. The summed E-state index contributed by atoms with van der Waals surface area (Å²) in [6.45, 7) is 1.96. The minimum Gasteiger partial charge on any atom is -0.342 e. The molecule has 0 radical (unpaired) electrons. The second kappa shape index (κ2) is 2.31. The molecule has 1 heterocycles. The lowest BCUT2D eigenvalue weighted by Crippen LogP contribution is -1.86. The Morgan fingerprint density at radius 2 is 2.27 bits per heavy atom. The fourth-order valence-corrected chi connectivity index (χ4v) is 1.42. The SMILES string of the molecule is Cc1nc2ccc(P)cc2[nH]1. The Morgan fingerprint density at radius 3 is 3.09 bits per heavy atom. The first-order chi connectivity index (χ1) is 5.25. The van der Waals surface area contributed by atoms with Gasteiger partial charge in [0.15, 0.2) is 0 Å². The lowest BCUT2D eigenvalue weighted by Gasteiger charge is -1.89. The topological polar surface area (TPSA) is 28.7 Å². The van der Waals surface area contributed by atoms with Gasteiger partial charge in [-0.15, -0.1) is 9.24 Å². The van der Waals surface area contributed by atoms with Gasteiger partial charge in [-0.3, -0.25) is 0 Å². The maximum atomic E-state index is 4.29. The van der Waals surface area contributed by atoms with E-state index in [1.54, 1.807) is 0 Å². The van der Waals surface area contributed by atoms with Gasteiger partial charge in [0.2, 0.25) is 0 Å². The van der Waals surface area contributed by atoms with E-state index in [9.17, 15) is 0 Å². The molecule has 0 saturated carbocycles. The second-order valence-corrected chi connectivity index (χ2v) is 3.27. The van der Waals surface area contributed by atoms with Gasteiger partial charge in [-0.25, -0.2) is 4.98 Å². The van der Waals surface area contributed by atoms with Crippen LogP contribution in [-0.2, 0) is 0 Å². The molecule has 11 heavy (non-hydrogen) atoms. The van der Waals surface area contributed by atoms with Crippen molar-refractivity contribution in [2.45, 2.75) is 6.92 Å². The van der Waals surface area contributed by atoms with Crippen LogP contribution in [0.3, 0.4) is 0 Å². The highest BCUT2D eigenvalue weighted by Gasteiger charge is 1.96.